The molecule has 1 atom stereocenters. The predicted molar refractivity (Wildman–Crippen MR) is 89.8 cm³/mol. The molecule has 7 nitrogen and oxygen atoms in total. The number of nitrogens with one attached hydrogen (secondary N) is 2. The second-order valence-corrected chi connectivity index (χ2v) is 6.41. The van der Waals surface area contributed by atoms with E-state index in [9.17, 15) is 4.79 Å². The van der Waals surface area contributed by atoms with Crippen LogP contribution in [0.25, 0.3) is 0 Å². The molecule has 2 heterocycles. The molecular weight excluding hydrogens is 314 g/mol. The average molecular weight is 337 g/mol. The highest BCUT2D eigenvalue weighted by Crippen LogP contribution is 2.21. The van der Waals surface area contributed by atoms with E-state index in [1.165, 1.54) is 4.88 Å². The number of carbonyl (C=O) groups is 1. The number of rotatable bonds is 6. The average Bonchev–Trinajstić information content (AvgIpc) is 3.09. The molecule has 2 N–H and O–H groups in total. The molecule has 0 fully saturated rings. The van der Waals surface area contributed by atoms with Gasteiger partial charge in [-0.1, -0.05) is 6.92 Å². The van der Waals surface area contributed by atoms with Gasteiger partial charge in [-0.05, 0) is 20.3 Å². The van der Waals surface area contributed by atoms with Gasteiger partial charge < -0.3 is 15.4 Å². The van der Waals surface area contributed by atoms with E-state index < -0.39 is 0 Å². The zero-order chi connectivity index (χ0) is 17.0. The number of carbonyl (C=O) groups excluding carboxylic acids is 1. The monoisotopic (exact) mass is 337 g/mol. The number of urea groups is 1. The van der Waals surface area contributed by atoms with E-state index in [2.05, 4.69) is 27.6 Å². The van der Waals surface area contributed by atoms with Crippen molar-refractivity contribution in [2.45, 2.75) is 39.8 Å². The third kappa shape index (κ3) is 4.01. The van der Waals surface area contributed by atoms with E-state index in [-0.39, 0.29) is 12.1 Å². The van der Waals surface area contributed by atoms with Crippen LogP contribution in [0.15, 0.2) is 6.20 Å². The number of hydrogen-bond donors (Lipinski definition) is 2. The zero-order valence-corrected chi connectivity index (χ0v) is 15.0. The van der Waals surface area contributed by atoms with Crippen LogP contribution in [0.4, 0.5) is 4.79 Å². The van der Waals surface area contributed by atoms with Gasteiger partial charge in [0.15, 0.2) is 0 Å². The third-order valence-corrected chi connectivity index (χ3v) is 4.87. The zero-order valence-electron chi connectivity index (χ0n) is 14.1. The van der Waals surface area contributed by atoms with Gasteiger partial charge >= 0.3 is 6.03 Å². The molecule has 0 bridgehead atoms. The van der Waals surface area contributed by atoms with Gasteiger partial charge in [-0.15, -0.1) is 11.3 Å². The van der Waals surface area contributed by atoms with Crippen LogP contribution in [0.5, 0.6) is 5.88 Å². The van der Waals surface area contributed by atoms with E-state index in [0.29, 0.717) is 12.4 Å². The molecule has 2 rings (SSSR count). The largest absolute Gasteiger partial charge is 0.481 e. The van der Waals surface area contributed by atoms with Crippen molar-refractivity contribution < 1.29 is 9.53 Å². The molecule has 0 aliphatic heterocycles. The summed E-state index contributed by atoms with van der Waals surface area (Å²) in [7, 11) is 3.40. The summed E-state index contributed by atoms with van der Waals surface area (Å²) in [6.07, 6.45) is 2.82. The molecule has 0 saturated carbocycles. The van der Waals surface area contributed by atoms with Gasteiger partial charge in [-0.25, -0.2) is 14.5 Å². The number of nitrogens with zero attached hydrogens (tertiary/aromatic N) is 3. The van der Waals surface area contributed by atoms with E-state index in [1.807, 2.05) is 27.1 Å². The molecule has 0 unspecified atom stereocenters. The Kier molecular flexibility index (Phi) is 5.59. The molecule has 0 spiro atoms. The number of ether oxygens (including phenoxy) is 1. The Bertz CT molecular complexity index is 679. The van der Waals surface area contributed by atoms with Crippen LogP contribution >= 0.6 is 11.3 Å². The Morgan fingerprint density at radius 1 is 1.52 bits per heavy atom. The molecule has 0 aromatic carbocycles. The Morgan fingerprint density at radius 2 is 2.26 bits per heavy atom. The van der Waals surface area contributed by atoms with Crippen LogP contribution in [0.1, 0.15) is 41.0 Å². The lowest BCUT2D eigenvalue weighted by atomic mass is 10.2. The fourth-order valence-electron chi connectivity index (χ4n) is 2.30. The van der Waals surface area contributed by atoms with Crippen LogP contribution in [0.3, 0.4) is 0 Å². The topological polar surface area (TPSA) is 81.1 Å². The highest BCUT2D eigenvalue weighted by molar-refractivity contribution is 7.11. The Morgan fingerprint density at radius 3 is 2.87 bits per heavy atom. The number of amides is 2. The first-order valence-electron chi connectivity index (χ1n) is 7.51. The van der Waals surface area contributed by atoms with Crippen molar-refractivity contribution in [3.05, 3.63) is 27.3 Å². The van der Waals surface area contributed by atoms with Crippen LogP contribution < -0.4 is 15.4 Å². The van der Waals surface area contributed by atoms with Crippen molar-refractivity contribution in [2.24, 2.45) is 7.05 Å². The molecule has 2 amide bonds. The third-order valence-electron chi connectivity index (χ3n) is 3.55. The van der Waals surface area contributed by atoms with E-state index in [4.69, 9.17) is 4.74 Å². The summed E-state index contributed by atoms with van der Waals surface area (Å²) in [6, 6.07) is -0.367. The number of methoxy groups -OCH3 is 1. The van der Waals surface area contributed by atoms with Gasteiger partial charge in [0.05, 0.1) is 31.0 Å². The van der Waals surface area contributed by atoms with Crippen molar-refractivity contribution >= 4 is 17.4 Å². The van der Waals surface area contributed by atoms with Crippen molar-refractivity contribution in [3.63, 3.8) is 0 Å². The van der Waals surface area contributed by atoms with Gasteiger partial charge in [0, 0.05) is 18.1 Å². The SMILES string of the molecule is CCc1cnc([C@H](C)NC(=O)NCc2c(C)nn(C)c2OC)s1. The Hall–Kier alpha value is -2.09. The lowest BCUT2D eigenvalue weighted by Gasteiger charge is -2.12. The lowest BCUT2D eigenvalue weighted by Crippen LogP contribution is -2.36. The van der Waals surface area contributed by atoms with Crippen LogP contribution in [-0.2, 0) is 20.0 Å². The first kappa shape index (κ1) is 17.3. The standard InChI is InChI=1S/C15H23N5O2S/c1-6-11-7-16-13(23-11)10(3)18-15(21)17-8-12-9(2)19-20(4)14(12)22-5/h7,10H,6,8H2,1-5H3,(H2,17,18,21)/t10-/m0/s1. The van der Waals surface area contributed by atoms with Crippen molar-refractivity contribution in [2.75, 3.05) is 7.11 Å². The first-order valence-corrected chi connectivity index (χ1v) is 8.33. The molecule has 0 radical (unpaired) electrons. The Labute approximate surface area is 140 Å². The normalized spacial score (nSPS) is 12.0. The van der Waals surface area contributed by atoms with E-state index in [0.717, 1.165) is 22.7 Å². The molecule has 0 aliphatic carbocycles. The molecular formula is C15H23N5O2S. The van der Waals surface area contributed by atoms with Gasteiger partial charge in [0.2, 0.25) is 5.88 Å². The quantitative estimate of drug-likeness (QED) is 0.847. The highest BCUT2D eigenvalue weighted by atomic mass is 32.1. The molecule has 2 aromatic heterocycles. The predicted octanol–water partition coefficient (Wildman–Crippen LogP) is 2.32. The van der Waals surface area contributed by atoms with Crippen LogP contribution in [0.2, 0.25) is 0 Å². The molecule has 23 heavy (non-hydrogen) atoms. The first-order chi connectivity index (χ1) is 11.0. The van der Waals surface area contributed by atoms with Crippen molar-refractivity contribution in [1.82, 2.24) is 25.4 Å². The van der Waals surface area contributed by atoms with Gasteiger partial charge in [0.25, 0.3) is 0 Å². The van der Waals surface area contributed by atoms with Gasteiger partial charge in [0.1, 0.15) is 5.01 Å². The van der Waals surface area contributed by atoms with Crippen molar-refractivity contribution in [3.8, 4) is 5.88 Å². The molecule has 0 aliphatic rings. The van der Waals surface area contributed by atoms with Crippen molar-refractivity contribution in [1.29, 1.82) is 0 Å². The summed E-state index contributed by atoms with van der Waals surface area (Å²) in [5.41, 5.74) is 1.71. The number of thiazole rings is 1. The number of hydrogen-bond acceptors (Lipinski definition) is 5. The summed E-state index contributed by atoms with van der Waals surface area (Å²) in [6.45, 7) is 6.26. The maximum Gasteiger partial charge on any atom is 0.315 e. The minimum absolute atomic E-state index is 0.128. The minimum Gasteiger partial charge on any atom is -0.481 e. The van der Waals surface area contributed by atoms with E-state index >= 15 is 0 Å². The fraction of sp³-hybridized carbons (Fsp3) is 0.533. The second kappa shape index (κ2) is 7.45. The molecule has 0 saturated heterocycles. The fourth-order valence-corrected chi connectivity index (χ4v) is 3.16. The molecule has 8 heteroatoms. The maximum absolute atomic E-state index is 12.1. The van der Waals surface area contributed by atoms with Crippen LogP contribution in [0, 0.1) is 6.92 Å². The summed E-state index contributed by atoms with van der Waals surface area (Å²) < 4.78 is 6.98. The summed E-state index contributed by atoms with van der Waals surface area (Å²) in [4.78, 5) is 17.6. The number of aryl methyl sites for hydroxylation is 3. The van der Waals surface area contributed by atoms with Crippen LogP contribution in [-0.4, -0.2) is 27.9 Å². The molecule has 2 aromatic rings. The smallest absolute Gasteiger partial charge is 0.315 e. The highest BCUT2D eigenvalue weighted by Gasteiger charge is 2.16. The summed E-state index contributed by atoms with van der Waals surface area (Å²) >= 11 is 1.62. The summed E-state index contributed by atoms with van der Waals surface area (Å²) in [5.74, 6) is 0.656. The minimum atomic E-state index is -0.240. The maximum atomic E-state index is 12.1. The number of aromatic nitrogens is 3. The van der Waals surface area contributed by atoms with Gasteiger partial charge in [-0.2, -0.15) is 5.10 Å². The second-order valence-electron chi connectivity index (χ2n) is 5.26. The van der Waals surface area contributed by atoms with Gasteiger partial charge in [-0.3, -0.25) is 0 Å². The molecule has 126 valence electrons. The summed E-state index contributed by atoms with van der Waals surface area (Å²) in [5, 5.41) is 10.9. The van der Waals surface area contributed by atoms with E-state index in [1.54, 1.807) is 23.1 Å². The Balaban J connectivity index is 1.92. The lowest BCUT2D eigenvalue weighted by molar-refractivity contribution is 0.237.